The van der Waals surface area contributed by atoms with Gasteiger partial charge in [0.2, 0.25) is 6.36 Å². The summed E-state index contributed by atoms with van der Waals surface area (Å²) in [6.45, 7) is 0. The highest BCUT2D eigenvalue weighted by Gasteiger charge is 2.46. The molecule has 0 saturated carbocycles. The molecule has 1 rings (SSSR count). The number of halogens is 3. The number of epoxide rings is 1. The van der Waals surface area contributed by atoms with Gasteiger partial charge < -0.3 is 4.74 Å². The van der Waals surface area contributed by atoms with E-state index in [1.807, 2.05) is 0 Å². The van der Waals surface area contributed by atoms with Crippen LogP contribution in [0.15, 0.2) is 0 Å². The quantitative estimate of drug-likeness (QED) is 0.488. The Morgan fingerprint density at radius 1 is 1.38 bits per heavy atom. The summed E-state index contributed by atoms with van der Waals surface area (Å²) in [5, 5.41) is 0. The van der Waals surface area contributed by atoms with Crippen LogP contribution < -0.4 is 0 Å². The van der Waals surface area contributed by atoms with Gasteiger partial charge in [-0.2, -0.15) is 0 Å². The van der Waals surface area contributed by atoms with Crippen molar-refractivity contribution in [2.24, 2.45) is 0 Å². The van der Waals surface area contributed by atoms with Crippen molar-refractivity contribution in [1.82, 2.24) is 0 Å². The molecule has 0 amide bonds. The average Bonchev–Trinajstić information content (AvgIpc) is 2.17. The summed E-state index contributed by atoms with van der Waals surface area (Å²) in [6, 6.07) is 0. The monoisotopic (exact) mass is 128 g/mol. The predicted octanol–water partition coefficient (Wildman–Crippen LogP) is 1.58. The third kappa shape index (κ3) is 1.36. The van der Waals surface area contributed by atoms with Crippen molar-refractivity contribution >= 4 is 0 Å². The molecule has 4 heteroatoms. The molecule has 0 bridgehead atoms. The first-order valence-corrected chi connectivity index (χ1v) is 1.79. The molecule has 1 saturated heterocycles. The second-order valence-corrected chi connectivity index (χ2v) is 1.29. The standard InChI is InChI=1S/C3H3F3O.CH4/c4-2(5)1-3(6)7-1;/h1-3H;1H4. The van der Waals surface area contributed by atoms with Crippen LogP contribution in [0.5, 0.6) is 0 Å². The summed E-state index contributed by atoms with van der Waals surface area (Å²) in [5.41, 5.74) is 0. The van der Waals surface area contributed by atoms with Crippen LogP contribution in [0.4, 0.5) is 13.2 Å². The molecule has 1 nitrogen and oxygen atoms in total. The molecule has 1 fully saturated rings. The molecule has 0 aromatic heterocycles. The third-order valence-electron chi connectivity index (χ3n) is 0.717. The summed E-state index contributed by atoms with van der Waals surface area (Å²) >= 11 is 0. The van der Waals surface area contributed by atoms with E-state index in [0.29, 0.717) is 0 Å². The second-order valence-electron chi connectivity index (χ2n) is 1.29. The van der Waals surface area contributed by atoms with Gasteiger partial charge in [0.1, 0.15) is 0 Å². The van der Waals surface area contributed by atoms with Crippen molar-refractivity contribution in [3.8, 4) is 0 Å². The molecule has 1 aliphatic rings. The van der Waals surface area contributed by atoms with Crippen molar-refractivity contribution in [3.05, 3.63) is 0 Å². The zero-order chi connectivity index (χ0) is 5.44. The Bertz CT molecular complexity index is 75.7. The minimum atomic E-state index is -2.66. The molecule has 0 aliphatic carbocycles. The predicted molar refractivity (Wildman–Crippen MR) is 22.5 cm³/mol. The maximum absolute atomic E-state index is 11.3. The van der Waals surface area contributed by atoms with Crippen LogP contribution in [0.25, 0.3) is 0 Å². The highest BCUT2D eigenvalue weighted by atomic mass is 19.3. The third-order valence-corrected chi connectivity index (χ3v) is 0.717. The lowest BCUT2D eigenvalue weighted by Crippen LogP contribution is -2.01. The summed E-state index contributed by atoms with van der Waals surface area (Å²) < 4.78 is 37.3. The van der Waals surface area contributed by atoms with Crippen LogP contribution in [0, 0.1) is 0 Å². The Morgan fingerprint density at radius 2 is 1.75 bits per heavy atom. The van der Waals surface area contributed by atoms with Crippen molar-refractivity contribution in [2.75, 3.05) is 0 Å². The topological polar surface area (TPSA) is 12.5 Å². The van der Waals surface area contributed by atoms with Crippen LogP contribution >= 0.6 is 0 Å². The first kappa shape index (κ1) is 7.75. The van der Waals surface area contributed by atoms with Crippen molar-refractivity contribution in [2.45, 2.75) is 26.3 Å². The van der Waals surface area contributed by atoms with E-state index in [2.05, 4.69) is 4.74 Å². The summed E-state index contributed by atoms with van der Waals surface area (Å²) in [6.07, 6.45) is -5.80. The first-order valence-electron chi connectivity index (χ1n) is 1.79. The van der Waals surface area contributed by atoms with Gasteiger partial charge in [-0.05, 0) is 0 Å². The first-order chi connectivity index (χ1) is 3.22. The highest BCUT2D eigenvalue weighted by Crippen LogP contribution is 2.28. The number of rotatable bonds is 1. The zero-order valence-electron chi connectivity index (χ0n) is 3.27. The van der Waals surface area contributed by atoms with Crippen molar-refractivity contribution < 1.29 is 17.9 Å². The number of hydrogen-bond donors (Lipinski definition) is 0. The van der Waals surface area contributed by atoms with Crippen LogP contribution in [0.2, 0.25) is 0 Å². The lowest BCUT2D eigenvalue weighted by Gasteiger charge is -1.82. The Kier molecular flexibility index (Phi) is 2.27. The molecular formula is C4H7F3O. The molecule has 8 heavy (non-hydrogen) atoms. The Morgan fingerprint density at radius 3 is 1.75 bits per heavy atom. The Labute approximate surface area is 45.4 Å². The molecule has 1 aliphatic heterocycles. The number of hydrogen-bond acceptors (Lipinski definition) is 1. The molecule has 0 radical (unpaired) electrons. The molecule has 0 N–H and O–H groups in total. The van der Waals surface area contributed by atoms with E-state index < -0.39 is 18.9 Å². The minimum absolute atomic E-state index is 0. The average molecular weight is 128 g/mol. The number of ether oxygens (including phenoxy) is 1. The van der Waals surface area contributed by atoms with E-state index in [4.69, 9.17) is 0 Å². The van der Waals surface area contributed by atoms with E-state index in [-0.39, 0.29) is 7.43 Å². The fraction of sp³-hybridized carbons (Fsp3) is 1.00. The zero-order valence-corrected chi connectivity index (χ0v) is 3.27. The SMILES string of the molecule is C.FC(F)C1OC1F. The number of alkyl halides is 3. The Hall–Kier alpha value is -0.250. The van der Waals surface area contributed by atoms with Crippen molar-refractivity contribution in [1.29, 1.82) is 0 Å². The molecular weight excluding hydrogens is 121 g/mol. The lowest BCUT2D eigenvalue weighted by molar-refractivity contribution is 0.108. The van der Waals surface area contributed by atoms with Crippen LogP contribution in [0.3, 0.4) is 0 Å². The minimum Gasteiger partial charge on any atom is -0.331 e. The van der Waals surface area contributed by atoms with Crippen LogP contribution in [0.1, 0.15) is 7.43 Å². The molecule has 50 valence electrons. The Balaban J connectivity index is 0.000000490. The van der Waals surface area contributed by atoms with Gasteiger partial charge in [-0.3, -0.25) is 0 Å². The lowest BCUT2D eigenvalue weighted by atomic mass is 10.5. The van der Waals surface area contributed by atoms with Gasteiger partial charge in [0.05, 0.1) is 0 Å². The summed E-state index contributed by atoms with van der Waals surface area (Å²) in [4.78, 5) is 0. The van der Waals surface area contributed by atoms with Gasteiger partial charge in [-0.15, -0.1) is 0 Å². The van der Waals surface area contributed by atoms with Gasteiger partial charge in [0.25, 0.3) is 6.43 Å². The van der Waals surface area contributed by atoms with E-state index in [0.717, 1.165) is 0 Å². The van der Waals surface area contributed by atoms with Gasteiger partial charge in [0.15, 0.2) is 6.10 Å². The van der Waals surface area contributed by atoms with Crippen LogP contribution in [-0.2, 0) is 4.74 Å². The molecule has 2 unspecified atom stereocenters. The van der Waals surface area contributed by atoms with Gasteiger partial charge >= 0.3 is 0 Å². The normalized spacial score (nSPS) is 34.5. The second kappa shape index (κ2) is 2.35. The summed E-state index contributed by atoms with van der Waals surface area (Å²) in [5.74, 6) is 0. The van der Waals surface area contributed by atoms with E-state index in [1.54, 1.807) is 0 Å². The smallest absolute Gasteiger partial charge is 0.269 e. The highest BCUT2D eigenvalue weighted by molar-refractivity contribution is 4.77. The molecule has 1 heterocycles. The van der Waals surface area contributed by atoms with Crippen molar-refractivity contribution in [3.63, 3.8) is 0 Å². The van der Waals surface area contributed by atoms with Gasteiger partial charge in [-0.1, -0.05) is 7.43 Å². The summed E-state index contributed by atoms with van der Waals surface area (Å²) in [7, 11) is 0. The largest absolute Gasteiger partial charge is 0.331 e. The molecule has 0 aromatic carbocycles. The molecule has 0 spiro atoms. The van der Waals surface area contributed by atoms with Gasteiger partial charge in [0, 0.05) is 0 Å². The van der Waals surface area contributed by atoms with Crippen LogP contribution in [-0.4, -0.2) is 18.9 Å². The fourth-order valence-electron chi connectivity index (χ4n) is 0.279. The molecule has 0 aromatic rings. The fourth-order valence-corrected chi connectivity index (χ4v) is 0.279. The molecule has 2 atom stereocenters. The van der Waals surface area contributed by atoms with E-state index in [9.17, 15) is 13.2 Å². The van der Waals surface area contributed by atoms with E-state index >= 15 is 0 Å². The maximum atomic E-state index is 11.3. The van der Waals surface area contributed by atoms with E-state index in [1.165, 1.54) is 0 Å². The maximum Gasteiger partial charge on any atom is 0.269 e. The van der Waals surface area contributed by atoms with Gasteiger partial charge in [-0.25, -0.2) is 13.2 Å².